The molecule has 0 saturated heterocycles. The summed E-state index contributed by atoms with van der Waals surface area (Å²) in [5, 5.41) is 3.56. The van der Waals surface area contributed by atoms with Crippen molar-refractivity contribution in [3.8, 4) is 0 Å². The zero-order valence-electron chi connectivity index (χ0n) is 8.81. The van der Waals surface area contributed by atoms with E-state index in [1.54, 1.807) is 25.1 Å². The smallest absolute Gasteiger partial charge is 0.254 e. The number of nitrogens with one attached hydrogen (secondary N) is 1. The summed E-state index contributed by atoms with van der Waals surface area (Å²) >= 11 is 11.6. The van der Waals surface area contributed by atoms with Crippen LogP contribution in [-0.2, 0) is 6.42 Å². The van der Waals surface area contributed by atoms with Crippen LogP contribution in [0.25, 0.3) is 0 Å². The first-order chi connectivity index (χ1) is 7.54. The van der Waals surface area contributed by atoms with Gasteiger partial charge in [0.15, 0.2) is 0 Å². The number of hydrogen-bond donors (Lipinski definition) is 1. The van der Waals surface area contributed by atoms with Gasteiger partial charge in [-0.25, -0.2) is 8.78 Å². The average molecular weight is 268 g/mol. The summed E-state index contributed by atoms with van der Waals surface area (Å²) in [4.78, 5) is 0. The third-order valence-corrected chi connectivity index (χ3v) is 2.95. The van der Waals surface area contributed by atoms with Gasteiger partial charge in [-0.05, 0) is 30.7 Å². The second-order valence-electron chi connectivity index (χ2n) is 3.45. The van der Waals surface area contributed by atoms with Gasteiger partial charge in [0.05, 0.1) is 16.1 Å². The highest BCUT2D eigenvalue weighted by atomic mass is 35.5. The van der Waals surface area contributed by atoms with Crippen LogP contribution in [0.4, 0.5) is 8.78 Å². The summed E-state index contributed by atoms with van der Waals surface area (Å²) in [5.41, 5.74) is 0.751. The van der Waals surface area contributed by atoms with Gasteiger partial charge in [-0.1, -0.05) is 36.2 Å². The maximum Gasteiger partial charge on any atom is 0.254 e. The Labute approximate surface area is 104 Å². The van der Waals surface area contributed by atoms with Gasteiger partial charge < -0.3 is 5.32 Å². The van der Waals surface area contributed by atoms with Crippen LogP contribution in [0.2, 0.25) is 10.0 Å². The zero-order chi connectivity index (χ0) is 12.1. The number of halogens is 4. The number of rotatable bonds is 5. The number of benzene rings is 1. The van der Waals surface area contributed by atoms with Gasteiger partial charge in [0.25, 0.3) is 6.43 Å². The number of hydrogen-bond acceptors (Lipinski definition) is 1. The van der Waals surface area contributed by atoms with Crippen molar-refractivity contribution in [3.05, 3.63) is 33.8 Å². The Balaban J connectivity index is 2.73. The number of alkyl halides is 2. The van der Waals surface area contributed by atoms with E-state index in [2.05, 4.69) is 5.32 Å². The molecule has 1 rings (SSSR count). The Kier molecular flexibility index (Phi) is 5.46. The fraction of sp³-hybridized carbons (Fsp3) is 0.455. The number of likely N-dealkylation sites (N-methyl/N-ethyl adjacent to an activating group) is 1. The molecule has 90 valence electrons. The molecule has 1 atom stereocenters. The van der Waals surface area contributed by atoms with Crippen molar-refractivity contribution in [2.45, 2.75) is 25.8 Å². The third-order valence-electron chi connectivity index (χ3n) is 2.21. The molecule has 0 radical (unpaired) electrons. The molecule has 0 aromatic heterocycles. The summed E-state index contributed by atoms with van der Waals surface area (Å²) in [6.07, 6.45) is -2.16. The Bertz CT molecular complexity index is 345. The SMILES string of the molecule is CCNC(Cc1ccc(Cl)c(Cl)c1)C(F)F. The van der Waals surface area contributed by atoms with E-state index in [1.807, 2.05) is 0 Å². The van der Waals surface area contributed by atoms with Crippen LogP contribution < -0.4 is 5.32 Å². The molecule has 0 aliphatic heterocycles. The van der Waals surface area contributed by atoms with Crippen molar-refractivity contribution in [1.82, 2.24) is 5.32 Å². The van der Waals surface area contributed by atoms with E-state index < -0.39 is 12.5 Å². The summed E-state index contributed by atoms with van der Waals surface area (Å²) in [6, 6.07) is 4.10. The molecule has 0 saturated carbocycles. The first-order valence-corrected chi connectivity index (χ1v) is 5.75. The Morgan fingerprint density at radius 1 is 1.25 bits per heavy atom. The second-order valence-corrected chi connectivity index (χ2v) is 4.27. The van der Waals surface area contributed by atoms with Gasteiger partial charge in [0.2, 0.25) is 0 Å². The minimum atomic E-state index is -2.39. The lowest BCUT2D eigenvalue weighted by atomic mass is 10.1. The lowest BCUT2D eigenvalue weighted by Gasteiger charge is -2.17. The molecule has 1 unspecified atom stereocenters. The molecule has 1 aromatic carbocycles. The van der Waals surface area contributed by atoms with Crippen LogP contribution in [-0.4, -0.2) is 19.0 Å². The maximum atomic E-state index is 12.6. The lowest BCUT2D eigenvalue weighted by molar-refractivity contribution is 0.0991. The van der Waals surface area contributed by atoms with Crippen LogP contribution in [0.15, 0.2) is 18.2 Å². The molecular weight excluding hydrogens is 255 g/mol. The van der Waals surface area contributed by atoms with E-state index in [9.17, 15) is 8.78 Å². The van der Waals surface area contributed by atoms with Crippen LogP contribution >= 0.6 is 23.2 Å². The summed E-state index contributed by atoms with van der Waals surface area (Å²) in [5.74, 6) is 0. The van der Waals surface area contributed by atoms with E-state index in [4.69, 9.17) is 23.2 Å². The third kappa shape index (κ3) is 3.89. The summed E-state index contributed by atoms with van der Waals surface area (Å²) in [6.45, 7) is 2.31. The van der Waals surface area contributed by atoms with E-state index in [0.29, 0.717) is 16.6 Å². The molecule has 1 nitrogen and oxygen atoms in total. The van der Waals surface area contributed by atoms with Crippen LogP contribution in [0.1, 0.15) is 12.5 Å². The Hall–Kier alpha value is -0.380. The van der Waals surface area contributed by atoms with E-state index >= 15 is 0 Å². The van der Waals surface area contributed by atoms with Crippen molar-refractivity contribution >= 4 is 23.2 Å². The van der Waals surface area contributed by atoms with Crippen LogP contribution in [0.3, 0.4) is 0 Å². The molecular formula is C11H13Cl2F2N. The van der Waals surface area contributed by atoms with Gasteiger partial charge >= 0.3 is 0 Å². The zero-order valence-corrected chi connectivity index (χ0v) is 10.3. The monoisotopic (exact) mass is 267 g/mol. The van der Waals surface area contributed by atoms with Gasteiger partial charge in [-0.15, -0.1) is 0 Å². The highest BCUT2D eigenvalue weighted by molar-refractivity contribution is 6.42. The van der Waals surface area contributed by atoms with Gasteiger partial charge in [0.1, 0.15) is 0 Å². The minimum absolute atomic E-state index is 0.238. The standard InChI is InChI=1S/C11H13Cl2F2N/c1-2-16-10(11(14)15)6-7-3-4-8(12)9(13)5-7/h3-5,10-11,16H,2,6H2,1H3. The van der Waals surface area contributed by atoms with Gasteiger partial charge in [-0.3, -0.25) is 0 Å². The van der Waals surface area contributed by atoms with Crippen LogP contribution in [0.5, 0.6) is 0 Å². The Morgan fingerprint density at radius 3 is 2.44 bits per heavy atom. The van der Waals surface area contributed by atoms with Gasteiger partial charge in [-0.2, -0.15) is 0 Å². The largest absolute Gasteiger partial charge is 0.309 e. The van der Waals surface area contributed by atoms with E-state index in [1.165, 1.54) is 0 Å². The van der Waals surface area contributed by atoms with Crippen molar-refractivity contribution in [3.63, 3.8) is 0 Å². The predicted molar refractivity (Wildman–Crippen MR) is 63.6 cm³/mol. The average Bonchev–Trinajstić information content (AvgIpc) is 2.22. The first kappa shape index (κ1) is 13.7. The highest BCUT2D eigenvalue weighted by Gasteiger charge is 2.19. The fourth-order valence-corrected chi connectivity index (χ4v) is 1.75. The molecule has 1 aromatic rings. The molecule has 0 heterocycles. The topological polar surface area (TPSA) is 12.0 Å². The molecule has 16 heavy (non-hydrogen) atoms. The van der Waals surface area contributed by atoms with Crippen molar-refractivity contribution in [2.24, 2.45) is 0 Å². The lowest BCUT2D eigenvalue weighted by Crippen LogP contribution is -2.37. The van der Waals surface area contributed by atoms with Crippen molar-refractivity contribution < 1.29 is 8.78 Å². The molecule has 0 aliphatic carbocycles. The molecule has 0 bridgehead atoms. The van der Waals surface area contributed by atoms with Crippen molar-refractivity contribution in [2.75, 3.05) is 6.54 Å². The van der Waals surface area contributed by atoms with Crippen LogP contribution in [0, 0.1) is 0 Å². The first-order valence-electron chi connectivity index (χ1n) is 5.00. The minimum Gasteiger partial charge on any atom is -0.309 e. The second kappa shape index (κ2) is 6.38. The molecule has 0 spiro atoms. The molecule has 0 aliphatic rings. The summed E-state index contributed by atoms with van der Waals surface area (Å²) in [7, 11) is 0. The van der Waals surface area contributed by atoms with Crippen molar-refractivity contribution in [1.29, 1.82) is 0 Å². The molecule has 0 amide bonds. The van der Waals surface area contributed by atoms with E-state index in [0.717, 1.165) is 5.56 Å². The Morgan fingerprint density at radius 2 is 1.94 bits per heavy atom. The summed E-state index contributed by atoms with van der Waals surface area (Å²) < 4.78 is 25.3. The predicted octanol–water partition coefficient (Wildman–Crippen LogP) is 3.78. The maximum absolute atomic E-state index is 12.6. The normalized spacial score (nSPS) is 13.1. The highest BCUT2D eigenvalue weighted by Crippen LogP contribution is 2.23. The van der Waals surface area contributed by atoms with E-state index in [-0.39, 0.29) is 6.42 Å². The quantitative estimate of drug-likeness (QED) is 0.856. The van der Waals surface area contributed by atoms with Gasteiger partial charge in [0, 0.05) is 0 Å². The molecule has 0 fully saturated rings. The molecule has 5 heteroatoms. The fourth-order valence-electron chi connectivity index (χ4n) is 1.43. The molecule has 1 N–H and O–H groups in total.